The van der Waals surface area contributed by atoms with Crippen LogP contribution in [0, 0.1) is 0 Å². The zero-order valence-corrected chi connectivity index (χ0v) is 16.9. The zero-order valence-electron chi connectivity index (χ0n) is 16.2. The van der Waals surface area contributed by atoms with E-state index in [9.17, 15) is 14.4 Å². The molecule has 0 aromatic heterocycles. The number of nitrogens with zero attached hydrogens (tertiary/aromatic N) is 2. The van der Waals surface area contributed by atoms with Gasteiger partial charge in [-0.15, -0.1) is 0 Å². The molecular formula is C21H21ClN4O4. The summed E-state index contributed by atoms with van der Waals surface area (Å²) in [5.41, 5.74) is 7.46. The lowest BCUT2D eigenvalue weighted by molar-refractivity contribution is -0.123. The smallest absolute Gasteiger partial charge is 0.265 e. The molecular weight excluding hydrogens is 408 g/mol. The predicted molar refractivity (Wildman–Crippen MR) is 114 cm³/mol. The summed E-state index contributed by atoms with van der Waals surface area (Å²) in [4.78, 5) is 40.3. The van der Waals surface area contributed by atoms with Crippen molar-refractivity contribution in [3.8, 4) is 5.75 Å². The molecule has 0 unspecified atom stereocenters. The number of halogens is 1. The molecule has 0 radical (unpaired) electrons. The van der Waals surface area contributed by atoms with E-state index in [1.54, 1.807) is 36.4 Å². The second-order valence-electron chi connectivity index (χ2n) is 7.22. The van der Waals surface area contributed by atoms with Gasteiger partial charge in [0.15, 0.2) is 6.61 Å². The van der Waals surface area contributed by atoms with E-state index in [-0.39, 0.29) is 19.1 Å². The van der Waals surface area contributed by atoms with Crippen LogP contribution in [0.15, 0.2) is 36.4 Å². The van der Waals surface area contributed by atoms with Crippen LogP contribution in [0.25, 0.3) is 0 Å². The topological polar surface area (TPSA) is 105 Å². The van der Waals surface area contributed by atoms with Gasteiger partial charge in [0.25, 0.3) is 5.91 Å². The van der Waals surface area contributed by atoms with Crippen molar-refractivity contribution >= 4 is 46.4 Å². The SMILES string of the molecule is NC(=O)c1ccc(N2CCCC2)c(NC(=O)CN2C(=O)COc3ccc(Cl)cc32)c1. The van der Waals surface area contributed by atoms with Gasteiger partial charge in [0, 0.05) is 23.7 Å². The zero-order chi connectivity index (χ0) is 21.3. The molecule has 2 aromatic rings. The highest BCUT2D eigenvalue weighted by Gasteiger charge is 2.28. The number of nitrogens with two attached hydrogens (primary N) is 1. The van der Waals surface area contributed by atoms with Gasteiger partial charge in [-0.3, -0.25) is 19.3 Å². The van der Waals surface area contributed by atoms with E-state index in [4.69, 9.17) is 22.1 Å². The average Bonchev–Trinajstić information content (AvgIpc) is 3.24. The van der Waals surface area contributed by atoms with Crippen LogP contribution >= 0.6 is 11.6 Å². The van der Waals surface area contributed by atoms with Crippen molar-refractivity contribution in [2.75, 3.05) is 41.4 Å². The Balaban J connectivity index is 1.58. The molecule has 9 heteroatoms. The Labute approximate surface area is 178 Å². The van der Waals surface area contributed by atoms with Crippen LogP contribution in [0.4, 0.5) is 17.1 Å². The Bertz CT molecular complexity index is 1020. The number of hydrogen-bond acceptors (Lipinski definition) is 5. The van der Waals surface area contributed by atoms with Crippen LogP contribution in [-0.2, 0) is 9.59 Å². The van der Waals surface area contributed by atoms with Crippen molar-refractivity contribution in [1.29, 1.82) is 0 Å². The number of hydrogen-bond donors (Lipinski definition) is 2. The number of anilines is 3. The van der Waals surface area contributed by atoms with Crippen molar-refractivity contribution < 1.29 is 19.1 Å². The van der Waals surface area contributed by atoms with Gasteiger partial charge < -0.3 is 20.7 Å². The molecule has 2 heterocycles. The van der Waals surface area contributed by atoms with Gasteiger partial charge in [-0.25, -0.2) is 0 Å². The Morgan fingerprint density at radius 1 is 1.10 bits per heavy atom. The molecule has 2 aliphatic rings. The number of nitrogens with one attached hydrogen (secondary N) is 1. The molecule has 0 bridgehead atoms. The maximum Gasteiger partial charge on any atom is 0.265 e. The van der Waals surface area contributed by atoms with E-state index in [1.807, 2.05) is 0 Å². The molecule has 4 rings (SSSR count). The summed E-state index contributed by atoms with van der Waals surface area (Å²) in [6.45, 7) is 1.37. The maximum absolute atomic E-state index is 12.9. The molecule has 0 saturated carbocycles. The Hall–Kier alpha value is -3.26. The van der Waals surface area contributed by atoms with E-state index < -0.39 is 11.8 Å². The summed E-state index contributed by atoms with van der Waals surface area (Å²) in [6.07, 6.45) is 2.12. The number of carbonyl (C=O) groups is 3. The Kier molecular flexibility index (Phi) is 5.50. The summed E-state index contributed by atoms with van der Waals surface area (Å²) >= 11 is 6.05. The molecule has 1 fully saturated rings. The molecule has 2 aliphatic heterocycles. The number of fused-ring (bicyclic) bond motifs is 1. The average molecular weight is 429 g/mol. The van der Waals surface area contributed by atoms with Crippen LogP contribution in [-0.4, -0.2) is 44.0 Å². The van der Waals surface area contributed by atoms with Crippen molar-refractivity contribution in [2.45, 2.75) is 12.8 Å². The third-order valence-electron chi connectivity index (χ3n) is 5.17. The second kappa shape index (κ2) is 8.23. The van der Waals surface area contributed by atoms with Gasteiger partial charge in [0.2, 0.25) is 11.8 Å². The molecule has 1 saturated heterocycles. The van der Waals surface area contributed by atoms with E-state index in [2.05, 4.69) is 10.2 Å². The minimum Gasteiger partial charge on any atom is -0.482 e. The minimum absolute atomic E-state index is 0.155. The third-order valence-corrected chi connectivity index (χ3v) is 5.40. The highest BCUT2D eigenvalue weighted by Crippen LogP contribution is 2.35. The van der Waals surface area contributed by atoms with Crippen LogP contribution in [0.5, 0.6) is 5.75 Å². The lowest BCUT2D eigenvalue weighted by Gasteiger charge is -2.29. The summed E-state index contributed by atoms with van der Waals surface area (Å²) < 4.78 is 5.41. The number of primary amides is 1. The predicted octanol–water partition coefficient (Wildman–Crippen LogP) is 2.40. The molecule has 3 amide bonds. The van der Waals surface area contributed by atoms with E-state index in [1.165, 1.54) is 4.90 Å². The van der Waals surface area contributed by atoms with E-state index in [0.717, 1.165) is 31.6 Å². The molecule has 156 valence electrons. The molecule has 30 heavy (non-hydrogen) atoms. The fourth-order valence-electron chi connectivity index (χ4n) is 3.71. The lowest BCUT2D eigenvalue weighted by Crippen LogP contribution is -2.43. The van der Waals surface area contributed by atoms with Gasteiger partial charge >= 0.3 is 0 Å². The number of amides is 3. The van der Waals surface area contributed by atoms with Gasteiger partial charge in [-0.2, -0.15) is 0 Å². The van der Waals surface area contributed by atoms with Gasteiger partial charge in [-0.1, -0.05) is 11.6 Å². The third kappa shape index (κ3) is 4.04. The number of benzene rings is 2. The molecule has 8 nitrogen and oxygen atoms in total. The first kappa shape index (κ1) is 20.0. The van der Waals surface area contributed by atoms with E-state index in [0.29, 0.717) is 27.7 Å². The highest BCUT2D eigenvalue weighted by molar-refractivity contribution is 6.31. The van der Waals surface area contributed by atoms with Crippen LogP contribution in [0.1, 0.15) is 23.2 Å². The maximum atomic E-state index is 12.9. The second-order valence-corrected chi connectivity index (χ2v) is 7.66. The van der Waals surface area contributed by atoms with Crippen LogP contribution < -0.4 is 25.6 Å². The quantitative estimate of drug-likeness (QED) is 0.760. The van der Waals surface area contributed by atoms with Crippen LogP contribution in [0.2, 0.25) is 5.02 Å². The van der Waals surface area contributed by atoms with Gasteiger partial charge in [0.05, 0.1) is 17.1 Å². The fraction of sp³-hybridized carbons (Fsp3) is 0.286. The van der Waals surface area contributed by atoms with Crippen molar-refractivity contribution in [2.24, 2.45) is 5.73 Å². The van der Waals surface area contributed by atoms with Crippen molar-refractivity contribution in [1.82, 2.24) is 0 Å². The Morgan fingerprint density at radius 2 is 1.87 bits per heavy atom. The first-order valence-electron chi connectivity index (χ1n) is 9.64. The first-order chi connectivity index (χ1) is 14.4. The molecule has 3 N–H and O–H groups in total. The monoisotopic (exact) mass is 428 g/mol. The molecule has 0 spiro atoms. The summed E-state index contributed by atoms with van der Waals surface area (Å²) in [5.74, 6) is -0.838. The van der Waals surface area contributed by atoms with Crippen LogP contribution in [0.3, 0.4) is 0 Å². The van der Waals surface area contributed by atoms with E-state index >= 15 is 0 Å². The molecule has 0 aliphatic carbocycles. The van der Waals surface area contributed by atoms with Gasteiger partial charge in [0.1, 0.15) is 12.3 Å². The van der Waals surface area contributed by atoms with Crippen molar-refractivity contribution in [3.05, 3.63) is 47.0 Å². The Morgan fingerprint density at radius 3 is 2.60 bits per heavy atom. The standard InChI is InChI=1S/C21H21ClN4O4/c22-14-4-6-18-17(10-14)26(20(28)12-30-18)11-19(27)24-15-9-13(21(23)29)3-5-16(15)25-7-1-2-8-25/h3-6,9-10H,1-2,7-8,11-12H2,(H2,23,29)(H,24,27). The largest absolute Gasteiger partial charge is 0.482 e. The van der Waals surface area contributed by atoms with Gasteiger partial charge in [-0.05, 0) is 49.2 Å². The number of rotatable bonds is 5. The summed E-state index contributed by atoms with van der Waals surface area (Å²) in [7, 11) is 0. The highest BCUT2D eigenvalue weighted by atomic mass is 35.5. The minimum atomic E-state index is -0.578. The summed E-state index contributed by atoms with van der Waals surface area (Å²) in [5, 5.41) is 3.27. The lowest BCUT2D eigenvalue weighted by atomic mass is 10.1. The molecule has 0 atom stereocenters. The fourth-order valence-corrected chi connectivity index (χ4v) is 3.87. The number of carbonyl (C=O) groups excluding carboxylic acids is 3. The number of ether oxygens (including phenoxy) is 1. The van der Waals surface area contributed by atoms with Crippen molar-refractivity contribution in [3.63, 3.8) is 0 Å². The first-order valence-corrected chi connectivity index (χ1v) is 10.0. The normalized spacial score (nSPS) is 15.6. The molecule has 2 aromatic carbocycles. The summed E-state index contributed by atoms with van der Waals surface area (Å²) in [6, 6.07) is 9.92.